The third kappa shape index (κ3) is 4.95. The zero-order valence-electron chi connectivity index (χ0n) is 18.1. The number of ether oxygens (including phenoxy) is 1. The normalized spacial score (nSPS) is 12.9. The number of anilines is 1. The highest BCUT2D eigenvalue weighted by atomic mass is 32.2. The summed E-state index contributed by atoms with van der Waals surface area (Å²) < 4.78 is 5.31. The number of fused-ring (bicyclic) bond motifs is 1. The smallest absolute Gasteiger partial charge is 0.234 e. The van der Waals surface area contributed by atoms with Crippen molar-refractivity contribution >= 4 is 23.4 Å². The number of pyridine rings is 1. The van der Waals surface area contributed by atoms with E-state index in [1.807, 2.05) is 54.6 Å². The molecule has 0 saturated heterocycles. The zero-order chi connectivity index (χ0) is 22.3. The van der Waals surface area contributed by atoms with E-state index < -0.39 is 0 Å². The molecule has 1 amide bonds. The summed E-state index contributed by atoms with van der Waals surface area (Å²) in [4.78, 5) is 17.4. The van der Waals surface area contributed by atoms with Gasteiger partial charge < -0.3 is 10.1 Å². The molecule has 1 aromatic heterocycles. The van der Waals surface area contributed by atoms with E-state index in [0.29, 0.717) is 10.6 Å². The molecule has 0 fully saturated rings. The number of carbonyl (C=O) groups is 1. The number of hydrogen-bond donors (Lipinski definition) is 1. The number of nitrogens with zero attached hydrogens (tertiary/aromatic N) is 2. The van der Waals surface area contributed by atoms with Gasteiger partial charge in [0.05, 0.1) is 18.4 Å². The highest BCUT2D eigenvalue weighted by Crippen LogP contribution is 2.38. The largest absolute Gasteiger partial charge is 0.497 e. The van der Waals surface area contributed by atoms with E-state index in [2.05, 4.69) is 11.4 Å². The Kier molecular flexibility index (Phi) is 7.08. The van der Waals surface area contributed by atoms with Gasteiger partial charge >= 0.3 is 0 Å². The van der Waals surface area contributed by atoms with E-state index in [-0.39, 0.29) is 11.7 Å². The van der Waals surface area contributed by atoms with Crippen molar-refractivity contribution in [2.45, 2.75) is 37.1 Å². The highest BCUT2D eigenvalue weighted by Gasteiger charge is 2.23. The van der Waals surface area contributed by atoms with Crippen LogP contribution in [-0.2, 0) is 17.6 Å². The Hall–Kier alpha value is -3.30. The van der Waals surface area contributed by atoms with E-state index in [9.17, 15) is 10.1 Å². The van der Waals surface area contributed by atoms with Crippen LogP contribution in [0.15, 0.2) is 59.6 Å². The van der Waals surface area contributed by atoms with E-state index >= 15 is 0 Å². The molecular weight excluding hydrogens is 418 g/mol. The molecule has 2 aromatic carbocycles. The summed E-state index contributed by atoms with van der Waals surface area (Å²) in [5, 5.41) is 13.6. The van der Waals surface area contributed by atoms with E-state index in [1.54, 1.807) is 7.11 Å². The quantitative estimate of drug-likeness (QED) is 0.395. The summed E-state index contributed by atoms with van der Waals surface area (Å²) in [5.74, 6) is 0.852. The third-order valence-electron chi connectivity index (χ3n) is 5.58. The second-order valence-electron chi connectivity index (χ2n) is 7.70. The SMILES string of the molecule is COc1ccc(-c2c(C#N)c(SCC(=O)Nc3ccccc3)nc3c2CCCCC3)cc1. The minimum absolute atomic E-state index is 0.118. The van der Waals surface area contributed by atoms with Crippen LogP contribution in [0.1, 0.15) is 36.1 Å². The predicted octanol–water partition coefficient (Wildman–Crippen LogP) is 5.63. The van der Waals surface area contributed by atoms with Gasteiger partial charge in [-0.3, -0.25) is 4.79 Å². The molecule has 0 aliphatic heterocycles. The van der Waals surface area contributed by atoms with Crippen molar-refractivity contribution in [3.63, 3.8) is 0 Å². The van der Waals surface area contributed by atoms with Gasteiger partial charge in [-0.1, -0.05) is 48.5 Å². The lowest BCUT2D eigenvalue weighted by molar-refractivity contribution is -0.113. The fraction of sp³-hybridized carbons (Fsp3) is 0.269. The van der Waals surface area contributed by atoms with Crippen LogP contribution in [0.3, 0.4) is 0 Å². The van der Waals surface area contributed by atoms with E-state index in [0.717, 1.165) is 60.4 Å². The predicted molar refractivity (Wildman–Crippen MR) is 128 cm³/mol. The number of aromatic nitrogens is 1. The highest BCUT2D eigenvalue weighted by molar-refractivity contribution is 8.00. The molecule has 162 valence electrons. The average Bonchev–Trinajstić information content (AvgIpc) is 3.07. The average molecular weight is 444 g/mol. The van der Waals surface area contributed by atoms with Gasteiger partial charge in [-0.15, -0.1) is 0 Å². The maximum atomic E-state index is 12.5. The van der Waals surface area contributed by atoms with Crippen molar-refractivity contribution in [3.05, 3.63) is 71.4 Å². The summed E-state index contributed by atoms with van der Waals surface area (Å²) in [6.07, 6.45) is 5.15. The second-order valence-corrected chi connectivity index (χ2v) is 8.66. The Morgan fingerprint density at radius 2 is 1.84 bits per heavy atom. The number of carbonyl (C=O) groups excluding carboxylic acids is 1. The number of nitriles is 1. The number of rotatable bonds is 6. The number of para-hydroxylation sites is 1. The first-order chi connectivity index (χ1) is 15.7. The molecule has 1 aliphatic carbocycles. The van der Waals surface area contributed by atoms with Crippen molar-refractivity contribution in [1.29, 1.82) is 5.26 Å². The molecule has 0 unspecified atom stereocenters. The van der Waals surface area contributed by atoms with E-state index in [4.69, 9.17) is 9.72 Å². The summed E-state index contributed by atoms with van der Waals surface area (Å²) in [5.41, 5.74) is 5.47. The molecule has 1 N–H and O–H groups in total. The van der Waals surface area contributed by atoms with Crippen molar-refractivity contribution in [2.75, 3.05) is 18.2 Å². The molecule has 1 aliphatic rings. The Morgan fingerprint density at radius 3 is 2.56 bits per heavy atom. The zero-order valence-corrected chi connectivity index (χ0v) is 18.9. The Balaban J connectivity index is 1.68. The fourth-order valence-electron chi connectivity index (χ4n) is 4.03. The molecule has 1 heterocycles. The lowest BCUT2D eigenvalue weighted by Crippen LogP contribution is -2.14. The maximum absolute atomic E-state index is 12.5. The number of thioether (sulfide) groups is 1. The van der Waals surface area contributed by atoms with Crippen LogP contribution in [-0.4, -0.2) is 23.8 Å². The molecule has 0 saturated carbocycles. The molecule has 0 atom stereocenters. The van der Waals surface area contributed by atoms with Crippen LogP contribution in [0.4, 0.5) is 5.69 Å². The molecule has 32 heavy (non-hydrogen) atoms. The molecule has 0 bridgehead atoms. The van der Waals surface area contributed by atoms with E-state index in [1.165, 1.54) is 17.3 Å². The molecule has 0 spiro atoms. The summed E-state index contributed by atoms with van der Waals surface area (Å²) in [7, 11) is 1.64. The topological polar surface area (TPSA) is 75.0 Å². The monoisotopic (exact) mass is 443 g/mol. The first kappa shape index (κ1) is 21.9. The summed E-state index contributed by atoms with van der Waals surface area (Å²) in [6, 6.07) is 19.6. The van der Waals surface area contributed by atoms with Gasteiger partial charge in [-0.2, -0.15) is 5.26 Å². The number of amides is 1. The minimum Gasteiger partial charge on any atom is -0.497 e. The first-order valence-electron chi connectivity index (χ1n) is 10.8. The number of methoxy groups -OCH3 is 1. The summed E-state index contributed by atoms with van der Waals surface area (Å²) >= 11 is 1.32. The molecule has 4 rings (SSSR count). The van der Waals surface area contributed by atoms with Gasteiger partial charge in [0.1, 0.15) is 16.8 Å². The van der Waals surface area contributed by atoms with Gasteiger partial charge in [0.2, 0.25) is 5.91 Å². The Bertz CT molecular complexity index is 1140. The fourth-order valence-corrected chi connectivity index (χ4v) is 4.84. The third-order valence-corrected chi connectivity index (χ3v) is 6.55. The lowest BCUT2D eigenvalue weighted by Gasteiger charge is -2.17. The van der Waals surface area contributed by atoms with Crippen LogP contribution in [0.25, 0.3) is 11.1 Å². The Morgan fingerprint density at radius 1 is 1.09 bits per heavy atom. The standard InChI is InChI=1S/C26H25N3O2S/c1-31-20-14-12-18(13-15-20)25-21-10-6-3-7-11-23(21)29-26(22(25)16-27)32-17-24(30)28-19-8-4-2-5-9-19/h2,4-5,8-9,12-15H,3,6-7,10-11,17H2,1H3,(H,28,30). The van der Waals surface area contributed by atoms with Crippen molar-refractivity contribution < 1.29 is 9.53 Å². The molecule has 0 radical (unpaired) electrons. The maximum Gasteiger partial charge on any atom is 0.234 e. The van der Waals surface area contributed by atoms with Crippen LogP contribution < -0.4 is 10.1 Å². The number of nitrogens with one attached hydrogen (secondary N) is 1. The minimum atomic E-state index is -0.118. The van der Waals surface area contributed by atoms with Crippen LogP contribution in [0.2, 0.25) is 0 Å². The van der Waals surface area contributed by atoms with Crippen molar-refractivity contribution in [1.82, 2.24) is 4.98 Å². The van der Waals surface area contributed by atoms with Crippen LogP contribution in [0.5, 0.6) is 5.75 Å². The van der Waals surface area contributed by atoms with Crippen LogP contribution >= 0.6 is 11.8 Å². The van der Waals surface area contributed by atoms with Gasteiger partial charge in [0, 0.05) is 16.9 Å². The molecule has 3 aromatic rings. The molecular formula is C26H25N3O2S. The van der Waals surface area contributed by atoms with Crippen molar-refractivity contribution in [2.24, 2.45) is 0 Å². The lowest BCUT2D eigenvalue weighted by atomic mass is 9.92. The van der Waals surface area contributed by atoms with Gasteiger partial charge in [-0.25, -0.2) is 4.98 Å². The van der Waals surface area contributed by atoms with Crippen LogP contribution in [0, 0.1) is 11.3 Å². The molecule has 5 nitrogen and oxygen atoms in total. The summed E-state index contributed by atoms with van der Waals surface area (Å²) in [6.45, 7) is 0. The first-order valence-corrected chi connectivity index (χ1v) is 11.8. The molecule has 6 heteroatoms. The number of hydrogen-bond acceptors (Lipinski definition) is 5. The number of benzene rings is 2. The van der Waals surface area contributed by atoms with Gasteiger partial charge in [-0.05, 0) is 61.1 Å². The van der Waals surface area contributed by atoms with Crippen molar-refractivity contribution in [3.8, 4) is 22.9 Å². The van der Waals surface area contributed by atoms with Gasteiger partial charge in [0.25, 0.3) is 0 Å². The second kappa shape index (κ2) is 10.3. The number of aryl methyl sites for hydroxylation is 1. The Labute approximate surface area is 192 Å². The van der Waals surface area contributed by atoms with Gasteiger partial charge in [0.15, 0.2) is 0 Å².